The van der Waals surface area contributed by atoms with Crippen molar-refractivity contribution >= 4 is 28.4 Å². The number of amides is 1. The molecular formula is C18H23N5OS. The summed E-state index contributed by atoms with van der Waals surface area (Å²) in [7, 11) is 1.79. The van der Waals surface area contributed by atoms with Gasteiger partial charge in [-0.3, -0.25) is 4.79 Å². The number of rotatable bonds is 5. The molecular weight excluding hydrogens is 334 g/mol. The van der Waals surface area contributed by atoms with E-state index in [4.69, 9.17) is 0 Å². The minimum atomic E-state index is -0.0763. The molecule has 0 aliphatic heterocycles. The number of imidazole rings is 1. The first-order valence-electron chi connectivity index (χ1n) is 8.39. The van der Waals surface area contributed by atoms with E-state index in [2.05, 4.69) is 42.6 Å². The van der Waals surface area contributed by atoms with Gasteiger partial charge < -0.3 is 9.47 Å². The van der Waals surface area contributed by atoms with Crippen LogP contribution in [-0.2, 0) is 6.54 Å². The number of thiazole rings is 1. The second-order valence-electron chi connectivity index (χ2n) is 6.81. The number of fused-ring (bicyclic) bond motifs is 1. The molecule has 7 heteroatoms. The van der Waals surface area contributed by atoms with Gasteiger partial charge in [0.25, 0.3) is 5.91 Å². The van der Waals surface area contributed by atoms with Gasteiger partial charge in [0.05, 0.1) is 29.1 Å². The van der Waals surface area contributed by atoms with Crippen molar-refractivity contribution in [2.75, 3.05) is 7.05 Å². The van der Waals surface area contributed by atoms with Gasteiger partial charge in [-0.05, 0) is 19.9 Å². The van der Waals surface area contributed by atoms with E-state index in [1.54, 1.807) is 41.9 Å². The minimum absolute atomic E-state index is 0.0763. The molecule has 0 radical (unpaired) electrons. The molecule has 0 bridgehead atoms. The fourth-order valence-electron chi connectivity index (χ4n) is 2.61. The van der Waals surface area contributed by atoms with E-state index < -0.39 is 0 Å². The topological polar surface area (TPSA) is 63.9 Å². The normalized spacial score (nSPS) is 11.6. The maximum absolute atomic E-state index is 12.7. The van der Waals surface area contributed by atoms with Crippen LogP contribution in [0.5, 0.6) is 0 Å². The molecule has 3 heterocycles. The molecule has 3 rings (SSSR count). The molecule has 0 atom stereocenters. The zero-order valence-electron chi connectivity index (χ0n) is 15.2. The lowest BCUT2D eigenvalue weighted by Gasteiger charge is -2.16. The van der Waals surface area contributed by atoms with Crippen LogP contribution in [-0.4, -0.2) is 37.4 Å². The van der Waals surface area contributed by atoms with E-state index in [9.17, 15) is 4.79 Å². The van der Waals surface area contributed by atoms with E-state index >= 15 is 0 Å². The quantitative estimate of drug-likeness (QED) is 0.695. The Morgan fingerprint density at radius 1 is 1.28 bits per heavy atom. The van der Waals surface area contributed by atoms with Crippen LogP contribution in [0.15, 0.2) is 24.0 Å². The first-order chi connectivity index (χ1) is 11.9. The van der Waals surface area contributed by atoms with Crippen LogP contribution >= 0.6 is 11.3 Å². The third kappa shape index (κ3) is 3.56. The first-order valence-corrected chi connectivity index (χ1v) is 9.27. The Morgan fingerprint density at radius 2 is 2.04 bits per heavy atom. The highest BCUT2D eigenvalue weighted by atomic mass is 32.1. The predicted octanol–water partition coefficient (Wildman–Crippen LogP) is 3.86. The van der Waals surface area contributed by atoms with Crippen molar-refractivity contribution in [3.63, 3.8) is 0 Å². The Bertz CT molecular complexity index is 896. The highest BCUT2D eigenvalue weighted by molar-refractivity contribution is 7.09. The summed E-state index contributed by atoms with van der Waals surface area (Å²) in [6.45, 7) is 8.88. The Balaban J connectivity index is 1.78. The molecule has 6 nitrogen and oxygen atoms in total. The van der Waals surface area contributed by atoms with Gasteiger partial charge in [0.1, 0.15) is 5.52 Å². The molecule has 132 valence electrons. The second kappa shape index (κ2) is 6.92. The van der Waals surface area contributed by atoms with E-state index in [0.717, 1.165) is 21.9 Å². The van der Waals surface area contributed by atoms with Crippen LogP contribution < -0.4 is 0 Å². The monoisotopic (exact) mass is 357 g/mol. The van der Waals surface area contributed by atoms with Crippen molar-refractivity contribution in [2.45, 2.75) is 46.2 Å². The van der Waals surface area contributed by atoms with Gasteiger partial charge in [-0.2, -0.15) is 0 Å². The Hall–Kier alpha value is -2.28. The molecule has 0 aliphatic rings. The lowest BCUT2D eigenvalue weighted by atomic mass is 10.2. The molecule has 3 aromatic heterocycles. The summed E-state index contributed by atoms with van der Waals surface area (Å²) < 4.78 is 2.00. The van der Waals surface area contributed by atoms with Crippen molar-refractivity contribution in [1.29, 1.82) is 0 Å². The Kier molecular flexibility index (Phi) is 4.85. The van der Waals surface area contributed by atoms with Gasteiger partial charge in [-0.15, -0.1) is 11.3 Å². The largest absolute Gasteiger partial charge is 0.336 e. The number of carbonyl (C=O) groups excluding carboxylic acids is 1. The van der Waals surface area contributed by atoms with Crippen molar-refractivity contribution in [1.82, 2.24) is 24.4 Å². The van der Waals surface area contributed by atoms with Gasteiger partial charge in [-0.1, -0.05) is 13.8 Å². The van der Waals surface area contributed by atoms with Crippen LogP contribution in [0.2, 0.25) is 0 Å². The van der Waals surface area contributed by atoms with Gasteiger partial charge in [-0.25, -0.2) is 15.0 Å². The van der Waals surface area contributed by atoms with Crippen molar-refractivity contribution in [3.8, 4) is 0 Å². The molecule has 0 N–H and O–H groups in total. The van der Waals surface area contributed by atoms with Crippen LogP contribution in [0, 0.1) is 0 Å². The molecule has 3 aromatic rings. The third-order valence-electron chi connectivity index (χ3n) is 4.03. The SMILES string of the molecule is CC(C)c1nc(CN(C)C(=O)c2cnc3c(c2)ncn3C(C)C)cs1. The second-order valence-corrected chi connectivity index (χ2v) is 7.69. The zero-order valence-corrected chi connectivity index (χ0v) is 16.0. The average Bonchev–Trinajstić information content (AvgIpc) is 3.20. The number of hydrogen-bond acceptors (Lipinski definition) is 5. The molecule has 0 fully saturated rings. The number of nitrogens with zero attached hydrogens (tertiary/aromatic N) is 5. The summed E-state index contributed by atoms with van der Waals surface area (Å²) in [4.78, 5) is 27.8. The first kappa shape index (κ1) is 17.5. The lowest BCUT2D eigenvalue weighted by Crippen LogP contribution is -2.26. The predicted molar refractivity (Wildman–Crippen MR) is 99.9 cm³/mol. The molecule has 0 saturated carbocycles. The highest BCUT2D eigenvalue weighted by Gasteiger charge is 2.17. The molecule has 25 heavy (non-hydrogen) atoms. The molecule has 1 amide bonds. The van der Waals surface area contributed by atoms with Crippen LogP contribution in [0.3, 0.4) is 0 Å². The smallest absolute Gasteiger partial charge is 0.255 e. The maximum Gasteiger partial charge on any atom is 0.255 e. The summed E-state index contributed by atoms with van der Waals surface area (Å²) in [5, 5.41) is 3.11. The standard InChI is InChI=1S/C18H23N5OS/c1-11(2)17-21-14(9-25-17)8-22(5)18(24)13-6-15-16(19-7-13)23(10-20-15)12(3)4/h6-7,9-12H,8H2,1-5H3. The van der Waals surface area contributed by atoms with Gasteiger partial charge in [0.15, 0.2) is 5.65 Å². The lowest BCUT2D eigenvalue weighted by molar-refractivity contribution is 0.0783. The zero-order chi connectivity index (χ0) is 18.1. The average molecular weight is 357 g/mol. The summed E-state index contributed by atoms with van der Waals surface area (Å²) in [6, 6.07) is 2.09. The fraction of sp³-hybridized carbons (Fsp3) is 0.444. The number of pyridine rings is 1. The van der Waals surface area contributed by atoms with E-state index in [1.807, 2.05) is 9.95 Å². The van der Waals surface area contributed by atoms with Gasteiger partial charge >= 0.3 is 0 Å². The maximum atomic E-state index is 12.7. The van der Waals surface area contributed by atoms with Crippen LogP contribution in [0.4, 0.5) is 0 Å². The third-order valence-corrected chi connectivity index (χ3v) is 5.22. The molecule has 0 unspecified atom stereocenters. The van der Waals surface area contributed by atoms with E-state index in [1.165, 1.54) is 0 Å². The van der Waals surface area contributed by atoms with Gasteiger partial charge in [0, 0.05) is 30.6 Å². The van der Waals surface area contributed by atoms with Crippen molar-refractivity contribution in [3.05, 3.63) is 40.2 Å². The van der Waals surface area contributed by atoms with Crippen LogP contribution in [0.25, 0.3) is 11.2 Å². The summed E-state index contributed by atoms with van der Waals surface area (Å²) in [6.07, 6.45) is 3.39. The van der Waals surface area contributed by atoms with E-state index in [0.29, 0.717) is 18.0 Å². The Labute approximate surface area is 151 Å². The number of hydrogen-bond donors (Lipinski definition) is 0. The molecule has 0 aliphatic carbocycles. The highest BCUT2D eigenvalue weighted by Crippen LogP contribution is 2.21. The number of carbonyl (C=O) groups is 1. The summed E-state index contributed by atoms with van der Waals surface area (Å²) >= 11 is 1.64. The molecule has 0 saturated heterocycles. The fourth-order valence-corrected chi connectivity index (χ4v) is 3.44. The summed E-state index contributed by atoms with van der Waals surface area (Å²) in [5.41, 5.74) is 3.00. The Morgan fingerprint density at radius 3 is 2.68 bits per heavy atom. The van der Waals surface area contributed by atoms with Crippen molar-refractivity contribution < 1.29 is 4.79 Å². The van der Waals surface area contributed by atoms with E-state index in [-0.39, 0.29) is 11.9 Å². The minimum Gasteiger partial charge on any atom is -0.336 e. The molecule has 0 aromatic carbocycles. The van der Waals surface area contributed by atoms with Crippen molar-refractivity contribution in [2.24, 2.45) is 0 Å². The molecule has 0 spiro atoms. The van der Waals surface area contributed by atoms with Crippen LogP contribution in [0.1, 0.15) is 60.7 Å². The number of aromatic nitrogens is 4. The summed E-state index contributed by atoms with van der Waals surface area (Å²) in [5.74, 6) is 0.329. The van der Waals surface area contributed by atoms with Gasteiger partial charge in [0.2, 0.25) is 0 Å².